The topological polar surface area (TPSA) is 23.8 Å². The van der Waals surface area contributed by atoms with E-state index in [9.17, 15) is 8.78 Å². The molecular weight excluding hydrogens is 372 g/mol. The second-order valence-corrected chi connectivity index (χ2v) is 9.65. The first-order chi connectivity index (χ1) is 13.6. The largest absolute Gasteiger partial charge is 0.206 e. The number of rotatable bonds is 3. The molecule has 0 heterocycles. The van der Waals surface area contributed by atoms with E-state index in [-0.39, 0.29) is 4.90 Å². The van der Waals surface area contributed by atoms with Gasteiger partial charge in [0.2, 0.25) is 0 Å². The summed E-state index contributed by atoms with van der Waals surface area (Å²) in [6, 6.07) is 2.47. The van der Waals surface area contributed by atoms with Crippen LogP contribution in [0.2, 0.25) is 0 Å². The van der Waals surface area contributed by atoms with Crippen molar-refractivity contribution in [1.82, 2.24) is 0 Å². The summed E-state index contributed by atoms with van der Waals surface area (Å²) in [5.74, 6) is 8.98. The van der Waals surface area contributed by atoms with Gasteiger partial charge in [-0.3, -0.25) is 0 Å². The molecule has 0 saturated heterocycles. The molecular formula is C24H27F2NS. The van der Waals surface area contributed by atoms with Crippen molar-refractivity contribution >= 4 is 11.8 Å². The molecule has 3 aliphatic carbocycles. The SMILES string of the molecule is N#CSc1c(F)cc(C#CC2CCC(C3CCC(C4CC4)CC3)CC2)cc1F. The number of hydrogen-bond donors (Lipinski definition) is 0. The summed E-state index contributed by atoms with van der Waals surface area (Å²) in [4.78, 5) is -0.245. The minimum Gasteiger partial charge on any atom is -0.206 e. The van der Waals surface area contributed by atoms with Crippen molar-refractivity contribution in [3.8, 4) is 17.2 Å². The van der Waals surface area contributed by atoms with Gasteiger partial charge in [0.05, 0.1) is 4.90 Å². The van der Waals surface area contributed by atoms with Crippen molar-refractivity contribution in [3.63, 3.8) is 0 Å². The Labute approximate surface area is 171 Å². The number of nitriles is 1. The van der Waals surface area contributed by atoms with Crippen LogP contribution < -0.4 is 0 Å². The van der Waals surface area contributed by atoms with Gasteiger partial charge in [-0.15, -0.1) is 0 Å². The third-order valence-electron chi connectivity index (χ3n) is 7.11. The highest BCUT2D eigenvalue weighted by Crippen LogP contribution is 2.48. The standard InChI is InChI=1S/C24H27F2NS/c25-22-13-17(14-23(26)24(22)28-15-27)2-1-16-3-5-18(6-4-16)19-7-9-20(10-8-19)21-11-12-21/h13-14,16,18-21H,3-12H2. The molecule has 3 aliphatic rings. The molecule has 0 radical (unpaired) electrons. The van der Waals surface area contributed by atoms with Crippen LogP contribution in [0.1, 0.15) is 69.8 Å². The highest BCUT2D eigenvalue weighted by atomic mass is 32.2. The molecule has 0 aliphatic heterocycles. The minimum atomic E-state index is -0.707. The molecule has 1 aromatic rings. The second-order valence-electron chi connectivity index (χ2n) is 8.86. The maximum Gasteiger partial charge on any atom is 0.142 e. The lowest BCUT2D eigenvalue weighted by Gasteiger charge is -2.37. The predicted molar refractivity (Wildman–Crippen MR) is 108 cm³/mol. The molecule has 28 heavy (non-hydrogen) atoms. The van der Waals surface area contributed by atoms with E-state index in [4.69, 9.17) is 5.26 Å². The zero-order chi connectivity index (χ0) is 19.5. The van der Waals surface area contributed by atoms with E-state index in [0.29, 0.717) is 23.2 Å². The summed E-state index contributed by atoms with van der Waals surface area (Å²) in [6.45, 7) is 0. The normalized spacial score (nSPS) is 30.2. The molecule has 3 fully saturated rings. The lowest BCUT2D eigenvalue weighted by Crippen LogP contribution is -2.26. The van der Waals surface area contributed by atoms with E-state index in [2.05, 4.69) is 11.8 Å². The molecule has 148 valence electrons. The first-order valence-electron chi connectivity index (χ1n) is 10.7. The van der Waals surface area contributed by atoms with E-state index < -0.39 is 11.6 Å². The summed E-state index contributed by atoms with van der Waals surface area (Å²) >= 11 is 0.509. The number of thiocyanates is 1. The second kappa shape index (κ2) is 8.87. The monoisotopic (exact) mass is 399 g/mol. The number of thioether (sulfide) groups is 1. The number of halogens is 2. The van der Waals surface area contributed by atoms with Crippen molar-refractivity contribution in [2.45, 2.75) is 69.1 Å². The van der Waals surface area contributed by atoms with Gasteiger partial charge < -0.3 is 0 Å². The molecule has 0 spiro atoms. The van der Waals surface area contributed by atoms with Gasteiger partial charge in [0.25, 0.3) is 0 Å². The van der Waals surface area contributed by atoms with Gasteiger partial charge in [0.15, 0.2) is 0 Å². The van der Waals surface area contributed by atoms with Crippen LogP contribution in [0, 0.1) is 63.7 Å². The fraction of sp³-hybridized carbons (Fsp3) is 0.625. The molecule has 1 aromatic carbocycles. The molecule has 4 heteroatoms. The van der Waals surface area contributed by atoms with Crippen LogP contribution in [0.25, 0.3) is 0 Å². The van der Waals surface area contributed by atoms with Crippen LogP contribution in [0.3, 0.4) is 0 Å². The summed E-state index contributed by atoms with van der Waals surface area (Å²) in [6.07, 6.45) is 13.4. The van der Waals surface area contributed by atoms with E-state index in [0.717, 1.165) is 36.5 Å². The Morgan fingerprint density at radius 2 is 1.18 bits per heavy atom. The van der Waals surface area contributed by atoms with E-state index in [1.165, 1.54) is 63.5 Å². The lowest BCUT2D eigenvalue weighted by molar-refractivity contribution is 0.150. The zero-order valence-electron chi connectivity index (χ0n) is 16.2. The third-order valence-corrected chi connectivity index (χ3v) is 7.80. The Morgan fingerprint density at radius 3 is 1.61 bits per heavy atom. The van der Waals surface area contributed by atoms with E-state index in [1.54, 1.807) is 5.40 Å². The Balaban J connectivity index is 1.29. The maximum absolute atomic E-state index is 13.9. The van der Waals surface area contributed by atoms with E-state index >= 15 is 0 Å². The van der Waals surface area contributed by atoms with Crippen LogP contribution in [-0.2, 0) is 0 Å². The number of benzene rings is 1. The van der Waals surface area contributed by atoms with Crippen LogP contribution in [-0.4, -0.2) is 0 Å². The highest BCUT2D eigenvalue weighted by molar-refractivity contribution is 8.03. The Kier molecular flexibility index (Phi) is 6.27. The fourth-order valence-corrected chi connectivity index (χ4v) is 5.76. The van der Waals surface area contributed by atoms with Gasteiger partial charge in [-0.1, -0.05) is 11.8 Å². The summed E-state index contributed by atoms with van der Waals surface area (Å²) in [7, 11) is 0. The average Bonchev–Trinajstić information content (AvgIpc) is 3.55. The maximum atomic E-state index is 13.9. The van der Waals surface area contributed by atoms with Crippen molar-refractivity contribution in [2.24, 2.45) is 29.6 Å². The van der Waals surface area contributed by atoms with Crippen molar-refractivity contribution < 1.29 is 8.78 Å². The summed E-state index contributed by atoms with van der Waals surface area (Å²) < 4.78 is 27.8. The predicted octanol–water partition coefficient (Wildman–Crippen LogP) is 6.91. The van der Waals surface area contributed by atoms with Crippen molar-refractivity contribution in [3.05, 3.63) is 29.3 Å². The van der Waals surface area contributed by atoms with Crippen molar-refractivity contribution in [1.29, 1.82) is 5.26 Å². The van der Waals surface area contributed by atoms with Gasteiger partial charge in [-0.05, 0) is 112 Å². The quantitative estimate of drug-likeness (QED) is 0.313. The van der Waals surface area contributed by atoms with Crippen LogP contribution >= 0.6 is 11.8 Å². The van der Waals surface area contributed by atoms with Gasteiger partial charge >= 0.3 is 0 Å². The first-order valence-corrected chi connectivity index (χ1v) is 11.5. The molecule has 0 N–H and O–H groups in total. The smallest absolute Gasteiger partial charge is 0.142 e. The van der Waals surface area contributed by atoms with Gasteiger partial charge in [-0.25, -0.2) is 8.78 Å². The fourth-order valence-electron chi connectivity index (χ4n) is 5.35. The summed E-state index contributed by atoms with van der Waals surface area (Å²) in [5, 5.41) is 10.3. The van der Waals surface area contributed by atoms with Crippen LogP contribution in [0.4, 0.5) is 8.78 Å². The molecule has 0 unspecified atom stereocenters. The molecule has 3 saturated carbocycles. The first kappa shape index (κ1) is 19.8. The Bertz CT molecular complexity index is 775. The summed E-state index contributed by atoms with van der Waals surface area (Å²) in [5.41, 5.74) is 0.359. The molecule has 0 amide bonds. The minimum absolute atomic E-state index is 0.245. The number of nitrogens with zero attached hydrogens (tertiary/aromatic N) is 1. The van der Waals surface area contributed by atoms with Crippen molar-refractivity contribution in [2.75, 3.05) is 0 Å². The zero-order valence-corrected chi connectivity index (χ0v) is 17.0. The Hall–Kier alpha value is -1.52. The third kappa shape index (κ3) is 4.72. The molecule has 0 atom stereocenters. The molecule has 0 aromatic heterocycles. The van der Waals surface area contributed by atoms with Gasteiger partial charge in [0.1, 0.15) is 17.0 Å². The highest BCUT2D eigenvalue weighted by Gasteiger charge is 2.36. The van der Waals surface area contributed by atoms with Gasteiger partial charge in [-0.2, -0.15) is 5.26 Å². The van der Waals surface area contributed by atoms with Crippen LogP contribution in [0.5, 0.6) is 0 Å². The molecule has 0 bridgehead atoms. The van der Waals surface area contributed by atoms with Crippen LogP contribution in [0.15, 0.2) is 17.0 Å². The molecule has 1 nitrogen and oxygen atoms in total. The van der Waals surface area contributed by atoms with E-state index in [1.807, 2.05) is 0 Å². The molecule has 4 rings (SSSR count). The lowest BCUT2D eigenvalue weighted by atomic mass is 9.68. The Morgan fingerprint density at radius 1 is 0.750 bits per heavy atom. The van der Waals surface area contributed by atoms with Gasteiger partial charge in [0, 0.05) is 11.5 Å². The average molecular weight is 400 g/mol. The number of hydrogen-bond acceptors (Lipinski definition) is 2.